The number of carbonyl (C=O) groups is 1. The lowest BCUT2D eigenvalue weighted by molar-refractivity contribution is -0.138. The van der Waals surface area contributed by atoms with Crippen molar-refractivity contribution < 1.29 is 9.90 Å². The van der Waals surface area contributed by atoms with Gasteiger partial charge in [-0.3, -0.25) is 9.78 Å². The molecule has 0 amide bonds. The van der Waals surface area contributed by atoms with E-state index in [1.165, 1.54) is 0 Å². The van der Waals surface area contributed by atoms with Crippen molar-refractivity contribution in [2.75, 3.05) is 0 Å². The molecular weight excluding hydrogens is 226 g/mol. The van der Waals surface area contributed by atoms with Crippen molar-refractivity contribution in [3.8, 4) is 0 Å². The van der Waals surface area contributed by atoms with Gasteiger partial charge in [-0.05, 0) is 36.2 Å². The molecule has 1 heterocycles. The molecule has 0 unspecified atom stereocenters. The summed E-state index contributed by atoms with van der Waals surface area (Å²) in [7, 11) is 0. The number of benzene rings is 1. The molecule has 1 aromatic heterocycles. The monoisotopic (exact) mass is 243 g/mol. The summed E-state index contributed by atoms with van der Waals surface area (Å²) in [6, 6.07) is 8.03. The lowest BCUT2D eigenvalue weighted by Crippen LogP contribution is -2.21. The number of pyridine rings is 1. The van der Waals surface area contributed by atoms with Crippen LogP contribution in [-0.2, 0) is 10.2 Å². The average molecular weight is 243 g/mol. The number of fused-ring (bicyclic) bond motifs is 1. The molecule has 94 valence electrons. The fraction of sp³-hybridized carbons (Fsp3) is 0.333. The van der Waals surface area contributed by atoms with Crippen molar-refractivity contribution in [3.63, 3.8) is 0 Å². The predicted molar refractivity (Wildman–Crippen MR) is 71.8 cm³/mol. The third kappa shape index (κ3) is 2.50. The molecule has 1 aromatic carbocycles. The number of aromatic nitrogens is 1. The Labute approximate surface area is 106 Å². The molecule has 0 bridgehead atoms. The van der Waals surface area contributed by atoms with E-state index in [2.05, 4.69) is 11.1 Å². The van der Waals surface area contributed by atoms with E-state index in [1.54, 1.807) is 0 Å². The largest absolute Gasteiger partial charge is 0.481 e. The first-order valence-electron chi connectivity index (χ1n) is 5.97. The van der Waals surface area contributed by atoms with E-state index in [-0.39, 0.29) is 11.8 Å². The third-order valence-corrected chi connectivity index (χ3v) is 3.19. The number of hydrogen-bond acceptors (Lipinski definition) is 2. The molecule has 18 heavy (non-hydrogen) atoms. The first kappa shape index (κ1) is 12.6. The Morgan fingerprint density at radius 1 is 1.33 bits per heavy atom. The van der Waals surface area contributed by atoms with Gasteiger partial charge in [-0.1, -0.05) is 19.9 Å². The Hall–Kier alpha value is -1.90. The van der Waals surface area contributed by atoms with Crippen LogP contribution in [-0.4, -0.2) is 16.1 Å². The molecule has 0 aliphatic rings. The first-order chi connectivity index (χ1) is 8.38. The Kier molecular flexibility index (Phi) is 3.07. The molecular formula is C15H17NO2. The summed E-state index contributed by atoms with van der Waals surface area (Å²) in [6.45, 7) is 5.90. The summed E-state index contributed by atoms with van der Waals surface area (Å²) in [4.78, 5) is 15.2. The highest BCUT2D eigenvalue weighted by atomic mass is 16.4. The van der Waals surface area contributed by atoms with Crippen LogP contribution < -0.4 is 0 Å². The van der Waals surface area contributed by atoms with Crippen LogP contribution in [0.1, 0.15) is 31.4 Å². The van der Waals surface area contributed by atoms with E-state index < -0.39 is 5.97 Å². The predicted octanol–water partition coefficient (Wildman–Crippen LogP) is 3.30. The van der Waals surface area contributed by atoms with E-state index >= 15 is 0 Å². The number of aryl methyl sites for hydroxylation is 1. The van der Waals surface area contributed by atoms with Gasteiger partial charge in [0.25, 0.3) is 0 Å². The molecule has 0 saturated heterocycles. The third-order valence-electron chi connectivity index (χ3n) is 3.19. The molecule has 1 N–H and O–H groups in total. The van der Waals surface area contributed by atoms with Gasteiger partial charge in [-0.2, -0.15) is 0 Å². The summed E-state index contributed by atoms with van der Waals surface area (Å²) >= 11 is 0. The highest BCUT2D eigenvalue weighted by molar-refractivity contribution is 5.80. The smallest absolute Gasteiger partial charge is 0.304 e. The van der Waals surface area contributed by atoms with Gasteiger partial charge in [0, 0.05) is 17.0 Å². The van der Waals surface area contributed by atoms with E-state index in [9.17, 15) is 4.79 Å². The van der Waals surface area contributed by atoms with Crippen molar-refractivity contribution in [1.82, 2.24) is 4.98 Å². The molecule has 0 atom stereocenters. The summed E-state index contributed by atoms with van der Waals surface area (Å²) in [5.74, 6) is -0.775. The number of rotatable bonds is 3. The maximum Gasteiger partial charge on any atom is 0.304 e. The van der Waals surface area contributed by atoms with Gasteiger partial charge in [0.05, 0.1) is 11.9 Å². The molecule has 0 aliphatic carbocycles. The molecule has 0 aliphatic heterocycles. The zero-order chi connectivity index (χ0) is 13.3. The van der Waals surface area contributed by atoms with Crippen molar-refractivity contribution in [3.05, 3.63) is 41.6 Å². The molecule has 2 rings (SSSR count). The summed E-state index contributed by atoms with van der Waals surface area (Å²) in [5, 5.41) is 10.0. The lowest BCUT2D eigenvalue weighted by Gasteiger charge is -2.23. The summed E-state index contributed by atoms with van der Waals surface area (Å²) < 4.78 is 0. The topological polar surface area (TPSA) is 50.2 Å². The van der Waals surface area contributed by atoms with Gasteiger partial charge in [-0.25, -0.2) is 0 Å². The fourth-order valence-corrected chi connectivity index (χ4v) is 2.14. The molecule has 3 nitrogen and oxygen atoms in total. The Balaban J connectivity index is 2.49. The minimum Gasteiger partial charge on any atom is -0.481 e. The molecule has 0 spiro atoms. The second-order valence-electron chi connectivity index (χ2n) is 5.37. The van der Waals surface area contributed by atoms with Crippen molar-refractivity contribution in [2.24, 2.45) is 0 Å². The van der Waals surface area contributed by atoms with Crippen LogP contribution in [0.4, 0.5) is 0 Å². The molecule has 2 aromatic rings. The Morgan fingerprint density at radius 3 is 2.72 bits per heavy atom. The van der Waals surface area contributed by atoms with Crippen molar-refractivity contribution >= 4 is 16.9 Å². The minimum atomic E-state index is -0.775. The van der Waals surface area contributed by atoms with Crippen molar-refractivity contribution in [2.45, 2.75) is 32.6 Å². The molecule has 0 fully saturated rings. The van der Waals surface area contributed by atoms with Crippen LogP contribution >= 0.6 is 0 Å². The van der Waals surface area contributed by atoms with Gasteiger partial charge < -0.3 is 5.11 Å². The van der Waals surface area contributed by atoms with Gasteiger partial charge in [0.1, 0.15) is 0 Å². The molecule has 0 radical (unpaired) electrons. The maximum absolute atomic E-state index is 10.9. The van der Waals surface area contributed by atoms with Crippen LogP contribution in [0.15, 0.2) is 30.5 Å². The van der Waals surface area contributed by atoms with Gasteiger partial charge >= 0.3 is 5.97 Å². The highest BCUT2D eigenvalue weighted by Gasteiger charge is 2.24. The first-order valence-corrected chi connectivity index (χ1v) is 5.97. The summed E-state index contributed by atoms with van der Waals surface area (Å²) in [5.41, 5.74) is 2.71. The van der Waals surface area contributed by atoms with Crippen LogP contribution in [0.25, 0.3) is 10.9 Å². The van der Waals surface area contributed by atoms with E-state index in [0.29, 0.717) is 0 Å². The van der Waals surface area contributed by atoms with E-state index in [0.717, 1.165) is 22.0 Å². The van der Waals surface area contributed by atoms with Crippen LogP contribution in [0.3, 0.4) is 0 Å². The zero-order valence-corrected chi connectivity index (χ0v) is 10.9. The highest BCUT2D eigenvalue weighted by Crippen LogP contribution is 2.29. The van der Waals surface area contributed by atoms with Crippen LogP contribution in [0.2, 0.25) is 0 Å². The maximum atomic E-state index is 10.9. The van der Waals surface area contributed by atoms with Crippen LogP contribution in [0, 0.1) is 6.92 Å². The van der Waals surface area contributed by atoms with Crippen LogP contribution in [0.5, 0.6) is 0 Å². The molecule has 3 heteroatoms. The average Bonchev–Trinajstić information content (AvgIpc) is 2.26. The minimum absolute atomic E-state index is 0.123. The van der Waals surface area contributed by atoms with Crippen molar-refractivity contribution in [1.29, 1.82) is 0 Å². The number of carboxylic acid groups (broad SMARTS) is 1. The van der Waals surface area contributed by atoms with Gasteiger partial charge in [0.2, 0.25) is 0 Å². The quantitative estimate of drug-likeness (QED) is 0.899. The zero-order valence-electron chi connectivity index (χ0n) is 10.9. The number of nitrogens with zero attached hydrogens (tertiary/aromatic N) is 1. The number of hydrogen-bond donors (Lipinski definition) is 1. The molecule has 0 saturated carbocycles. The van der Waals surface area contributed by atoms with Gasteiger partial charge in [0.15, 0.2) is 0 Å². The van der Waals surface area contributed by atoms with E-state index in [1.807, 2.05) is 45.2 Å². The Bertz CT molecular complexity index is 602. The standard InChI is InChI=1S/C15H17NO2/c1-10-6-11-7-12(4-5-13(11)16-9-10)15(2,3)8-14(17)18/h4-7,9H,8H2,1-3H3,(H,17,18). The number of carboxylic acids is 1. The fourth-order valence-electron chi connectivity index (χ4n) is 2.14. The van der Waals surface area contributed by atoms with Gasteiger partial charge in [-0.15, -0.1) is 0 Å². The second kappa shape index (κ2) is 4.41. The second-order valence-corrected chi connectivity index (χ2v) is 5.37. The lowest BCUT2D eigenvalue weighted by atomic mass is 9.81. The SMILES string of the molecule is Cc1cnc2ccc(C(C)(C)CC(=O)O)cc2c1. The Morgan fingerprint density at radius 2 is 2.06 bits per heavy atom. The number of aliphatic carboxylic acids is 1. The summed E-state index contributed by atoms with van der Waals surface area (Å²) in [6.07, 6.45) is 1.96. The van der Waals surface area contributed by atoms with E-state index in [4.69, 9.17) is 5.11 Å². The normalized spacial score (nSPS) is 11.7.